The van der Waals surface area contributed by atoms with E-state index in [9.17, 15) is 14.4 Å². The first-order valence-electron chi connectivity index (χ1n) is 4.64. The molecule has 90 valence electrons. The molecule has 0 rings (SSSR count). The average Bonchev–Trinajstić information content (AvgIpc) is 2.15. The third-order valence-electron chi connectivity index (χ3n) is 1.81. The summed E-state index contributed by atoms with van der Waals surface area (Å²) in [6.45, 7) is 4.84. The number of hydrogen-bond donors (Lipinski definition) is 2. The zero-order valence-electron chi connectivity index (χ0n) is 8.93. The fraction of sp³-hybridized carbons (Fsp3) is 0.500. The van der Waals surface area contributed by atoms with Gasteiger partial charge in [0.15, 0.2) is 5.92 Å². The van der Waals surface area contributed by atoms with Crippen LogP contribution in [0, 0.1) is 5.92 Å². The van der Waals surface area contributed by atoms with Crippen molar-refractivity contribution in [3.63, 3.8) is 0 Å². The predicted octanol–water partition coefficient (Wildman–Crippen LogP) is 0.671. The van der Waals surface area contributed by atoms with E-state index in [1.54, 1.807) is 0 Å². The highest BCUT2D eigenvalue weighted by molar-refractivity contribution is 5.92. The minimum Gasteiger partial charge on any atom is -0.481 e. The van der Waals surface area contributed by atoms with Crippen molar-refractivity contribution in [3.05, 3.63) is 12.2 Å². The molecule has 0 saturated carbocycles. The first-order valence-corrected chi connectivity index (χ1v) is 4.64. The normalized spacial score (nSPS) is 9.88. The van der Waals surface area contributed by atoms with E-state index in [1.807, 2.05) is 0 Å². The zero-order chi connectivity index (χ0) is 12.7. The van der Waals surface area contributed by atoms with Crippen molar-refractivity contribution in [2.45, 2.75) is 19.8 Å². The van der Waals surface area contributed by atoms with Crippen molar-refractivity contribution in [2.75, 3.05) is 6.61 Å². The molecule has 0 radical (unpaired) electrons. The second-order valence-corrected chi connectivity index (χ2v) is 3.29. The SMILES string of the molecule is C=C(C)C(=O)OCCCC(C(=O)O)C(=O)O. The number of carboxylic acids is 2. The summed E-state index contributed by atoms with van der Waals surface area (Å²) < 4.78 is 4.69. The maximum Gasteiger partial charge on any atom is 0.333 e. The Kier molecular flexibility index (Phi) is 5.84. The number of aliphatic carboxylic acids is 2. The van der Waals surface area contributed by atoms with Gasteiger partial charge in [-0.3, -0.25) is 9.59 Å². The van der Waals surface area contributed by atoms with Crippen LogP contribution in [-0.4, -0.2) is 34.7 Å². The van der Waals surface area contributed by atoms with Gasteiger partial charge < -0.3 is 14.9 Å². The Labute approximate surface area is 92.5 Å². The van der Waals surface area contributed by atoms with Gasteiger partial charge in [-0.1, -0.05) is 6.58 Å². The number of ether oxygens (including phenoxy) is 1. The average molecular weight is 230 g/mol. The number of hydrogen-bond acceptors (Lipinski definition) is 4. The van der Waals surface area contributed by atoms with E-state index in [1.165, 1.54) is 6.92 Å². The highest BCUT2D eigenvalue weighted by atomic mass is 16.5. The summed E-state index contributed by atoms with van der Waals surface area (Å²) in [4.78, 5) is 31.8. The maximum absolute atomic E-state index is 10.9. The summed E-state index contributed by atoms with van der Waals surface area (Å²) in [6, 6.07) is 0. The lowest BCUT2D eigenvalue weighted by Crippen LogP contribution is -2.23. The Hall–Kier alpha value is -1.85. The maximum atomic E-state index is 10.9. The van der Waals surface area contributed by atoms with Crippen molar-refractivity contribution in [3.8, 4) is 0 Å². The lowest BCUT2D eigenvalue weighted by Gasteiger charge is -2.07. The molecular formula is C10H14O6. The molecule has 0 heterocycles. The van der Waals surface area contributed by atoms with Gasteiger partial charge in [0, 0.05) is 5.57 Å². The molecule has 0 aromatic carbocycles. The molecule has 0 amide bonds. The fourth-order valence-corrected chi connectivity index (χ4v) is 0.928. The van der Waals surface area contributed by atoms with Gasteiger partial charge in [-0.15, -0.1) is 0 Å². The fourth-order valence-electron chi connectivity index (χ4n) is 0.928. The van der Waals surface area contributed by atoms with Crippen molar-refractivity contribution in [1.82, 2.24) is 0 Å². The second-order valence-electron chi connectivity index (χ2n) is 3.29. The molecule has 0 bridgehead atoms. The van der Waals surface area contributed by atoms with Gasteiger partial charge >= 0.3 is 17.9 Å². The lowest BCUT2D eigenvalue weighted by molar-refractivity contribution is -0.154. The third-order valence-corrected chi connectivity index (χ3v) is 1.81. The molecule has 0 atom stereocenters. The van der Waals surface area contributed by atoms with Crippen LogP contribution in [0.15, 0.2) is 12.2 Å². The van der Waals surface area contributed by atoms with E-state index in [4.69, 9.17) is 10.2 Å². The van der Waals surface area contributed by atoms with Crippen LogP contribution in [0.1, 0.15) is 19.8 Å². The quantitative estimate of drug-likeness (QED) is 0.288. The highest BCUT2D eigenvalue weighted by Crippen LogP contribution is 2.07. The standard InChI is InChI=1S/C10H14O6/c1-6(2)10(15)16-5-3-4-7(8(11)12)9(13)14/h7H,1,3-5H2,2H3,(H,11,12)(H,13,14). The van der Waals surface area contributed by atoms with Gasteiger partial charge in [0.05, 0.1) is 6.61 Å². The summed E-state index contributed by atoms with van der Waals surface area (Å²) in [7, 11) is 0. The third kappa shape index (κ3) is 5.14. The Morgan fingerprint density at radius 3 is 2.12 bits per heavy atom. The first kappa shape index (κ1) is 14.2. The van der Waals surface area contributed by atoms with Crippen molar-refractivity contribution >= 4 is 17.9 Å². The van der Waals surface area contributed by atoms with E-state index in [2.05, 4.69) is 11.3 Å². The van der Waals surface area contributed by atoms with Crippen LogP contribution in [0.4, 0.5) is 0 Å². The van der Waals surface area contributed by atoms with Gasteiger partial charge in [-0.2, -0.15) is 0 Å². The van der Waals surface area contributed by atoms with Crippen LogP contribution in [-0.2, 0) is 19.1 Å². The number of carboxylic acid groups (broad SMARTS) is 2. The lowest BCUT2D eigenvalue weighted by atomic mass is 10.0. The number of esters is 1. The predicted molar refractivity (Wildman–Crippen MR) is 53.8 cm³/mol. The first-order chi connectivity index (χ1) is 7.36. The summed E-state index contributed by atoms with van der Waals surface area (Å²) in [5.41, 5.74) is 0.244. The number of carbonyl (C=O) groups is 3. The van der Waals surface area contributed by atoms with Crippen LogP contribution >= 0.6 is 0 Å². The van der Waals surface area contributed by atoms with E-state index in [0.29, 0.717) is 0 Å². The minimum absolute atomic E-state index is 0.0112. The van der Waals surface area contributed by atoms with Gasteiger partial charge in [0.25, 0.3) is 0 Å². The molecule has 2 N–H and O–H groups in total. The Balaban J connectivity index is 3.88. The topological polar surface area (TPSA) is 101 Å². The molecular weight excluding hydrogens is 216 g/mol. The van der Waals surface area contributed by atoms with Crippen molar-refractivity contribution in [2.24, 2.45) is 5.92 Å². The van der Waals surface area contributed by atoms with Gasteiger partial charge in [-0.05, 0) is 19.8 Å². The number of carbonyl (C=O) groups excluding carboxylic acids is 1. The summed E-state index contributed by atoms with van der Waals surface area (Å²) in [5.74, 6) is -4.80. The molecule has 0 saturated heterocycles. The molecule has 16 heavy (non-hydrogen) atoms. The van der Waals surface area contributed by atoms with E-state index in [0.717, 1.165) is 0 Å². The zero-order valence-corrected chi connectivity index (χ0v) is 8.93. The van der Waals surface area contributed by atoms with Crippen LogP contribution < -0.4 is 0 Å². The van der Waals surface area contributed by atoms with E-state index in [-0.39, 0.29) is 25.0 Å². The molecule has 6 heteroatoms. The second kappa shape index (κ2) is 6.60. The molecule has 0 aliphatic carbocycles. The smallest absolute Gasteiger partial charge is 0.333 e. The largest absolute Gasteiger partial charge is 0.481 e. The molecule has 6 nitrogen and oxygen atoms in total. The molecule has 0 spiro atoms. The highest BCUT2D eigenvalue weighted by Gasteiger charge is 2.24. The molecule has 0 aliphatic heterocycles. The molecule has 0 aromatic rings. The van der Waals surface area contributed by atoms with Crippen LogP contribution in [0.3, 0.4) is 0 Å². The van der Waals surface area contributed by atoms with Crippen LogP contribution in [0.5, 0.6) is 0 Å². The molecule has 0 fully saturated rings. The Bertz CT molecular complexity index is 292. The minimum atomic E-state index is -1.46. The van der Waals surface area contributed by atoms with Gasteiger partial charge in [0.1, 0.15) is 0 Å². The summed E-state index contributed by atoms with van der Waals surface area (Å²) in [6.07, 6.45) is 0.108. The van der Waals surface area contributed by atoms with Crippen LogP contribution in [0.2, 0.25) is 0 Å². The molecule has 0 unspecified atom stereocenters. The molecule has 0 aromatic heterocycles. The van der Waals surface area contributed by atoms with Crippen LogP contribution in [0.25, 0.3) is 0 Å². The Morgan fingerprint density at radius 1 is 1.25 bits per heavy atom. The van der Waals surface area contributed by atoms with E-state index < -0.39 is 23.8 Å². The van der Waals surface area contributed by atoms with Gasteiger partial charge in [0.2, 0.25) is 0 Å². The van der Waals surface area contributed by atoms with Gasteiger partial charge in [-0.25, -0.2) is 4.79 Å². The molecule has 0 aliphatic rings. The monoisotopic (exact) mass is 230 g/mol. The Morgan fingerprint density at radius 2 is 1.75 bits per heavy atom. The van der Waals surface area contributed by atoms with Crippen molar-refractivity contribution < 1.29 is 29.3 Å². The summed E-state index contributed by atoms with van der Waals surface area (Å²) in [5, 5.41) is 17.1. The summed E-state index contributed by atoms with van der Waals surface area (Å²) >= 11 is 0. The van der Waals surface area contributed by atoms with E-state index >= 15 is 0 Å². The number of rotatable bonds is 7. The van der Waals surface area contributed by atoms with Crippen molar-refractivity contribution in [1.29, 1.82) is 0 Å².